The van der Waals surface area contributed by atoms with Gasteiger partial charge in [0.25, 0.3) is 0 Å². The third-order valence-corrected chi connectivity index (χ3v) is 17.8. The molecule has 12 rings (SSSR count). The molecule has 0 bridgehead atoms. The van der Waals surface area contributed by atoms with Crippen LogP contribution in [0, 0.1) is 13.8 Å². The summed E-state index contributed by atoms with van der Waals surface area (Å²) in [5, 5.41) is 0. The van der Waals surface area contributed by atoms with E-state index in [1.165, 1.54) is 149 Å². The molecule has 7 aromatic carbocycles. The first-order valence-electron chi connectivity index (χ1n) is 25.2. The Bertz CT molecular complexity index is 3050. The molecule has 1 spiro atoms. The van der Waals surface area contributed by atoms with Crippen LogP contribution in [0.25, 0.3) is 33.4 Å². The first kappa shape index (κ1) is 41.7. The fourth-order valence-corrected chi connectivity index (χ4v) is 14.0. The van der Waals surface area contributed by atoms with Gasteiger partial charge in [-0.3, -0.25) is 0 Å². The van der Waals surface area contributed by atoms with Crippen molar-refractivity contribution in [1.82, 2.24) is 0 Å². The van der Waals surface area contributed by atoms with Gasteiger partial charge in [-0.05, 0) is 194 Å². The zero-order valence-electron chi connectivity index (χ0n) is 41.2. The number of benzene rings is 7. The van der Waals surface area contributed by atoms with Gasteiger partial charge in [-0.1, -0.05) is 171 Å². The van der Waals surface area contributed by atoms with Crippen LogP contribution in [0.3, 0.4) is 0 Å². The van der Waals surface area contributed by atoms with Crippen LogP contribution in [0.1, 0.15) is 161 Å². The van der Waals surface area contributed by atoms with Gasteiger partial charge in [0.1, 0.15) is 0 Å². The Morgan fingerprint density at radius 1 is 0.379 bits per heavy atom. The van der Waals surface area contributed by atoms with E-state index in [0.29, 0.717) is 0 Å². The quantitative estimate of drug-likeness (QED) is 0.170. The van der Waals surface area contributed by atoms with Crippen molar-refractivity contribution in [2.75, 3.05) is 4.90 Å². The highest BCUT2D eigenvalue weighted by atomic mass is 15.2. The molecule has 332 valence electrons. The van der Waals surface area contributed by atoms with E-state index in [-0.39, 0.29) is 21.7 Å². The highest BCUT2D eigenvalue weighted by Gasteiger charge is 2.53. The molecule has 5 aliphatic rings. The summed E-state index contributed by atoms with van der Waals surface area (Å²) in [5.74, 6) is 0. The fourth-order valence-electron chi connectivity index (χ4n) is 14.0. The Morgan fingerprint density at radius 3 is 1.35 bits per heavy atom. The lowest BCUT2D eigenvalue weighted by Crippen LogP contribution is -2.38. The third kappa shape index (κ3) is 5.71. The lowest BCUT2D eigenvalue weighted by Gasteiger charge is -2.48. The first-order chi connectivity index (χ1) is 31.5. The number of rotatable bonds is 4. The van der Waals surface area contributed by atoms with Gasteiger partial charge in [0.2, 0.25) is 0 Å². The number of anilines is 3. The van der Waals surface area contributed by atoms with Crippen molar-refractivity contribution in [3.63, 3.8) is 0 Å². The lowest BCUT2D eigenvalue weighted by molar-refractivity contribution is 0.331. The summed E-state index contributed by atoms with van der Waals surface area (Å²) in [5.41, 5.74) is 29.1. The maximum atomic E-state index is 2.88. The molecule has 66 heavy (non-hydrogen) atoms. The fraction of sp³-hybridized carbons (Fsp3) is 0.354. The van der Waals surface area contributed by atoms with Gasteiger partial charge in [0, 0.05) is 5.56 Å². The standard InChI is InChI=1S/C65H67N/c1-40-27-31-53-57(63(7,8)35-33-61(53,3)4)59(40)66(60-41(2)28-32-54-58(60)64(9,10)36-34-62(54,5)6)56-39-55-49(38-48(56)44-30-29-42-19-11-12-20-43(42)37-44)47-23-15-18-26-52(47)65(55)50-24-16-13-21-45(50)46-22-14-17-25-51(46)65/h13-18,21-32,37-39H,11-12,19-20,33-36H2,1-10H3. The molecule has 0 aromatic heterocycles. The third-order valence-electron chi connectivity index (χ3n) is 17.8. The zero-order chi connectivity index (χ0) is 45.7. The predicted molar refractivity (Wildman–Crippen MR) is 280 cm³/mol. The van der Waals surface area contributed by atoms with Gasteiger partial charge in [-0.25, -0.2) is 0 Å². The van der Waals surface area contributed by atoms with Crippen LogP contribution in [0.15, 0.2) is 127 Å². The Hall–Kier alpha value is -5.66. The van der Waals surface area contributed by atoms with Crippen LogP contribution in [0.2, 0.25) is 0 Å². The Morgan fingerprint density at radius 2 is 0.833 bits per heavy atom. The van der Waals surface area contributed by atoms with Crippen molar-refractivity contribution < 1.29 is 0 Å². The smallest absolute Gasteiger partial charge is 0.0726 e. The molecule has 0 N–H and O–H groups in total. The van der Waals surface area contributed by atoms with Crippen molar-refractivity contribution in [2.24, 2.45) is 0 Å². The lowest BCUT2D eigenvalue weighted by atomic mass is 9.61. The Balaban J connectivity index is 1.29. The van der Waals surface area contributed by atoms with E-state index in [0.717, 1.165) is 19.3 Å². The van der Waals surface area contributed by atoms with E-state index in [4.69, 9.17) is 0 Å². The molecule has 7 aromatic rings. The molecule has 5 aliphatic carbocycles. The van der Waals surface area contributed by atoms with Crippen LogP contribution < -0.4 is 4.90 Å². The average Bonchev–Trinajstić information content (AvgIpc) is 3.77. The number of hydrogen-bond donors (Lipinski definition) is 0. The number of hydrogen-bond acceptors (Lipinski definition) is 1. The van der Waals surface area contributed by atoms with Gasteiger partial charge >= 0.3 is 0 Å². The zero-order valence-corrected chi connectivity index (χ0v) is 41.2. The van der Waals surface area contributed by atoms with E-state index in [2.05, 4.69) is 202 Å². The summed E-state index contributed by atoms with van der Waals surface area (Å²) in [7, 11) is 0. The first-order valence-corrected chi connectivity index (χ1v) is 25.2. The van der Waals surface area contributed by atoms with Gasteiger partial charge in [-0.15, -0.1) is 0 Å². The van der Waals surface area contributed by atoms with E-state index in [1.54, 1.807) is 0 Å². The molecule has 0 aliphatic heterocycles. The topological polar surface area (TPSA) is 3.24 Å². The predicted octanol–water partition coefficient (Wildman–Crippen LogP) is 17.4. The molecule has 0 fully saturated rings. The molecule has 0 amide bonds. The average molecular weight is 862 g/mol. The summed E-state index contributed by atoms with van der Waals surface area (Å²) in [4.78, 5) is 2.88. The Kier molecular flexibility index (Phi) is 8.97. The summed E-state index contributed by atoms with van der Waals surface area (Å²) < 4.78 is 0. The van der Waals surface area contributed by atoms with Gasteiger partial charge in [-0.2, -0.15) is 0 Å². The minimum atomic E-state index is -0.466. The van der Waals surface area contributed by atoms with Crippen molar-refractivity contribution in [1.29, 1.82) is 0 Å². The molecule has 1 nitrogen and oxygen atoms in total. The normalized spacial score (nSPS) is 19.2. The van der Waals surface area contributed by atoms with E-state index in [1.807, 2.05) is 0 Å². The molecule has 0 atom stereocenters. The molecular formula is C65H67N. The molecule has 0 saturated carbocycles. The van der Waals surface area contributed by atoms with Crippen molar-refractivity contribution in [3.05, 3.63) is 194 Å². The summed E-state index contributed by atoms with van der Waals surface area (Å²) in [6.07, 6.45) is 9.51. The van der Waals surface area contributed by atoms with E-state index >= 15 is 0 Å². The Labute approximate surface area is 395 Å². The van der Waals surface area contributed by atoms with Crippen LogP contribution in [0.5, 0.6) is 0 Å². The minimum Gasteiger partial charge on any atom is -0.309 e. The summed E-state index contributed by atoms with van der Waals surface area (Å²) >= 11 is 0. The summed E-state index contributed by atoms with van der Waals surface area (Å²) in [6, 6.07) is 50.9. The summed E-state index contributed by atoms with van der Waals surface area (Å²) in [6.45, 7) is 24.9. The molecule has 0 heterocycles. The monoisotopic (exact) mass is 862 g/mol. The van der Waals surface area contributed by atoms with E-state index < -0.39 is 5.41 Å². The highest BCUT2D eigenvalue weighted by molar-refractivity contribution is 6.01. The second kappa shape index (κ2) is 14.2. The molecule has 0 saturated heterocycles. The van der Waals surface area contributed by atoms with Crippen LogP contribution in [-0.2, 0) is 39.9 Å². The number of nitrogens with zero attached hydrogens (tertiary/aromatic N) is 1. The minimum absolute atomic E-state index is 0.0362. The van der Waals surface area contributed by atoms with Crippen molar-refractivity contribution >= 4 is 17.1 Å². The van der Waals surface area contributed by atoms with Crippen LogP contribution >= 0.6 is 0 Å². The molecule has 1 heteroatoms. The van der Waals surface area contributed by atoms with Gasteiger partial charge < -0.3 is 4.90 Å². The van der Waals surface area contributed by atoms with Crippen molar-refractivity contribution in [3.8, 4) is 33.4 Å². The van der Waals surface area contributed by atoms with E-state index in [9.17, 15) is 0 Å². The maximum Gasteiger partial charge on any atom is 0.0726 e. The largest absolute Gasteiger partial charge is 0.309 e. The molecule has 0 unspecified atom stereocenters. The van der Waals surface area contributed by atoms with Crippen LogP contribution in [-0.4, -0.2) is 0 Å². The second-order valence-electron chi connectivity index (χ2n) is 23.7. The van der Waals surface area contributed by atoms with Crippen LogP contribution in [0.4, 0.5) is 17.1 Å². The van der Waals surface area contributed by atoms with Crippen molar-refractivity contribution in [2.45, 2.75) is 148 Å². The SMILES string of the molecule is Cc1ccc2c(c1N(c1cc3c(cc1-c1ccc4c(c1)CCCC4)-c1ccccc1C31c3ccccc3-c3ccccc31)c1c(C)ccc3c1C(C)(C)CCC3(C)C)C(C)(C)CCC2(C)C. The number of aryl methyl sites for hydroxylation is 4. The maximum absolute atomic E-state index is 2.88. The second-order valence-corrected chi connectivity index (χ2v) is 23.7. The van der Waals surface area contributed by atoms with Gasteiger partial charge in [0.05, 0.1) is 22.5 Å². The van der Waals surface area contributed by atoms with Gasteiger partial charge in [0.15, 0.2) is 0 Å². The highest BCUT2D eigenvalue weighted by Crippen LogP contribution is 2.65. The molecule has 0 radical (unpaired) electrons. The molecular weight excluding hydrogens is 795 g/mol. The number of fused-ring (bicyclic) bond motifs is 13.